The van der Waals surface area contributed by atoms with Crippen LogP contribution in [0.1, 0.15) is 261 Å². The molecule has 0 aromatic carbocycles. The van der Waals surface area contributed by atoms with Crippen molar-refractivity contribution in [1.29, 1.82) is 0 Å². The lowest BCUT2D eigenvalue weighted by atomic mass is 9.82. The van der Waals surface area contributed by atoms with E-state index in [1.165, 1.54) is 27.8 Å². The Bertz CT molecular complexity index is 3530. The molecule has 2 N–H and O–H groups in total. The van der Waals surface area contributed by atoms with Gasteiger partial charge in [0.1, 0.15) is 17.7 Å². The van der Waals surface area contributed by atoms with Gasteiger partial charge in [-0.25, -0.2) is 29.9 Å². The van der Waals surface area contributed by atoms with Crippen LogP contribution in [0.3, 0.4) is 0 Å². The fourth-order valence-electron chi connectivity index (χ4n) is 11.0. The van der Waals surface area contributed by atoms with Crippen molar-refractivity contribution < 1.29 is 9.47 Å². The van der Waals surface area contributed by atoms with Gasteiger partial charge in [0, 0.05) is 94.9 Å². The Labute approximate surface area is 583 Å². The number of halogens is 1. The number of hydrogen-bond acceptors (Lipinski definition) is 14. The summed E-state index contributed by atoms with van der Waals surface area (Å²) >= 11 is 6.21. The third-order valence-corrected chi connectivity index (χ3v) is 15.4. The first-order valence-electron chi connectivity index (χ1n) is 32.9. The molecular formula is C79H121ClN12O4. The third kappa shape index (κ3) is 28.2. The predicted octanol–water partition coefficient (Wildman–Crippen LogP) is 18.6. The van der Waals surface area contributed by atoms with Crippen molar-refractivity contribution in [3.05, 3.63) is 208 Å². The van der Waals surface area contributed by atoms with Crippen molar-refractivity contribution in [2.45, 2.75) is 272 Å². The molecule has 96 heavy (non-hydrogen) atoms. The molecule has 0 fully saturated rings. The summed E-state index contributed by atoms with van der Waals surface area (Å²) in [6.07, 6.45) is 19.3. The fraction of sp³-hybridized carbons (Fsp3) is 0.544. The molecule has 0 aliphatic heterocycles. The standard InChI is InChI=1S/C12H19NO.C11H16ClNO.2C10H15NO.4C9H14N2/c1-8-7-13-11(14-6)9(2)10(8)12(3,4)5;1-7-6-13-10(14-5)9(12)8(7)11(2,3)4;1-7-6-11-9(12)5-8(7)10(2,3)4;1-7-8(10(2,3)4)5-6-11-9(7)12;1-7-8(9(2,3)4)5-10-6-11-7;1-7-5-10-6-11-8(7)9(2,3)4;1-7-8(9(2,3)4)11-6-5-10-7;1-7-5-6-10-11-8(7)9(2,3)4/h7H,1-6H3;6H,1-5H3;2*5-6H,1-4H3,(H,11,12);4*5-6H,1-4H3. The lowest BCUT2D eigenvalue weighted by Gasteiger charge is -2.24. The van der Waals surface area contributed by atoms with E-state index in [1.54, 1.807) is 70.1 Å². The summed E-state index contributed by atoms with van der Waals surface area (Å²) in [6.45, 7) is 69.6. The molecule has 0 saturated heterocycles. The summed E-state index contributed by atoms with van der Waals surface area (Å²) < 4.78 is 10.3. The van der Waals surface area contributed by atoms with Gasteiger partial charge in [0.2, 0.25) is 17.3 Å². The van der Waals surface area contributed by atoms with E-state index in [0.717, 1.165) is 73.3 Å². The SMILES string of the molecule is COc1ncc(C)c(C(C)(C)C)c1C.COc1ncc(C)c(C(C)(C)C)c1Cl.Cc1c(C(C)(C)C)cc[nH]c1=O.Cc1c[nH]c(=O)cc1C(C)(C)C.Cc1ccnnc1C(C)(C)C.Cc1cncnc1C(C)(C)C.Cc1nccnc1C(C)(C)C.Cc1ncncc1C(C)(C)C. The number of aromatic amines is 2. The second kappa shape index (κ2) is 36.1. The van der Waals surface area contributed by atoms with E-state index in [0.29, 0.717) is 10.9 Å². The van der Waals surface area contributed by atoms with Crippen LogP contribution in [0.4, 0.5) is 0 Å². The van der Waals surface area contributed by atoms with Gasteiger partial charge >= 0.3 is 0 Å². The molecular weight excluding hydrogens is 1220 g/mol. The number of nitrogens with zero attached hydrogens (tertiary/aromatic N) is 10. The normalized spacial score (nSPS) is 11.6. The first-order chi connectivity index (χ1) is 43.7. The van der Waals surface area contributed by atoms with Crippen molar-refractivity contribution >= 4 is 11.6 Å². The monoisotopic (exact) mass is 1340 g/mol. The van der Waals surface area contributed by atoms with E-state index >= 15 is 0 Å². The first-order valence-corrected chi connectivity index (χ1v) is 33.2. The van der Waals surface area contributed by atoms with Crippen LogP contribution in [0, 0.1) is 62.3 Å². The van der Waals surface area contributed by atoms with Crippen LogP contribution >= 0.6 is 11.6 Å². The molecule has 0 atom stereocenters. The zero-order chi connectivity index (χ0) is 74.5. The minimum Gasteiger partial charge on any atom is -0.481 e. The quantitative estimate of drug-likeness (QED) is 0.165. The van der Waals surface area contributed by atoms with E-state index in [1.807, 2.05) is 72.3 Å². The van der Waals surface area contributed by atoms with Gasteiger partial charge in [0.25, 0.3) is 5.56 Å². The van der Waals surface area contributed by atoms with Crippen molar-refractivity contribution in [2.75, 3.05) is 14.2 Å². The largest absolute Gasteiger partial charge is 0.481 e. The Morgan fingerprint density at radius 1 is 0.396 bits per heavy atom. The number of hydrogen-bond donors (Lipinski definition) is 2. The summed E-state index contributed by atoms with van der Waals surface area (Å²) in [5, 5.41) is 8.59. The summed E-state index contributed by atoms with van der Waals surface area (Å²) in [7, 11) is 3.24. The lowest BCUT2D eigenvalue weighted by molar-refractivity contribution is 0.391. The van der Waals surface area contributed by atoms with Gasteiger partial charge in [-0.15, -0.1) is 0 Å². The molecule has 0 unspecified atom stereocenters. The molecule has 8 aromatic heterocycles. The molecule has 8 heterocycles. The third-order valence-electron chi connectivity index (χ3n) is 15.0. The van der Waals surface area contributed by atoms with Crippen molar-refractivity contribution in [2.24, 2.45) is 0 Å². The van der Waals surface area contributed by atoms with Gasteiger partial charge in [-0.2, -0.15) is 10.2 Å². The molecule has 16 nitrogen and oxygen atoms in total. The van der Waals surface area contributed by atoms with Gasteiger partial charge in [-0.3, -0.25) is 19.6 Å². The molecule has 0 spiro atoms. The number of aromatic nitrogens is 12. The maximum Gasteiger partial charge on any atom is 0.251 e. The minimum absolute atomic E-state index is 0.0113. The number of H-pyrrole nitrogens is 2. The molecule has 0 radical (unpaired) electrons. The highest BCUT2D eigenvalue weighted by Gasteiger charge is 2.25. The first kappa shape index (κ1) is 86.4. The lowest BCUT2D eigenvalue weighted by Crippen LogP contribution is -2.20. The highest BCUT2D eigenvalue weighted by atomic mass is 35.5. The summed E-state index contributed by atoms with van der Waals surface area (Å²) in [5.74, 6) is 1.24. The van der Waals surface area contributed by atoms with Crippen molar-refractivity contribution in [3.63, 3.8) is 0 Å². The zero-order valence-electron chi connectivity index (χ0n) is 65.6. The Balaban J connectivity index is 0.000000550. The molecule has 0 saturated carbocycles. The van der Waals surface area contributed by atoms with Crippen LogP contribution in [0.5, 0.6) is 11.8 Å². The van der Waals surface area contributed by atoms with E-state index in [4.69, 9.17) is 21.1 Å². The van der Waals surface area contributed by atoms with Crippen LogP contribution in [0.25, 0.3) is 0 Å². The summed E-state index contributed by atoms with van der Waals surface area (Å²) in [6, 6.07) is 5.64. The molecule has 0 aliphatic carbocycles. The maximum absolute atomic E-state index is 11.2. The van der Waals surface area contributed by atoms with Crippen LogP contribution in [0.15, 0.2) is 96.2 Å². The van der Waals surface area contributed by atoms with Gasteiger partial charge in [0.05, 0.1) is 37.0 Å². The molecule has 0 bridgehead atoms. The average molecular weight is 1340 g/mol. The summed E-state index contributed by atoms with van der Waals surface area (Å²) in [4.78, 5) is 60.7. The van der Waals surface area contributed by atoms with Crippen molar-refractivity contribution in [3.8, 4) is 11.8 Å². The molecule has 0 amide bonds. The van der Waals surface area contributed by atoms with Crippen LogP contribution in [-0.2, 0) is 43.3 Å². The Morgan fingerprint density at radius 3 is 1.26 bits per heavy atom. The maximum atomic E-state index is 11.2. The second-order valence-corrected chi connectivity index (χ2v) is 32.8. The fourth-order valence-corrected chi connectivity index (χ4v) is 11.6. The predicted molar refractivity (Wildman–Crippen MR) is 401 cm³/mol. The smallest absolute Gasteiger partial charge is 0.251 e. The molecule has 528 valence electrons. The molecule has 0 aliphatic rings. The highest BCUT2D eigenvalue weighted by Crippen LogP contribution is 2.37. The molecule has 8 rings (SSSR count). The van der Waals surface area contributed by atoms with Crippen LogP contribution < -0.4 is 20.6 Å². The average Bonchev–Trinajstić information content (AvgIpc) is 0.819. The number of nitrogens with one attached hydrogen (secondary N) is 2. The second-order valence-electron chi connectivity index (χ2n) is 32.5. The number of pyridine rings is 4. The molecule has 17 heteroatoms. The van der Waals surface area contributed by atoms with E-state index in [-0.39, 0.29) is 54.4 Å². The Morgan fingerprint density at radius 2 is 0.875 bits per heavy atom. The highest BCUT2D eigenvalue weighted by molar-refractivity contribution is 6.32. The Hall–Kier alpha value is -7.59. The topological polar surface area (TPSA) is 213 Å². The summed E-state index contributed by atoms with van der Waals surface area (Å²) in [5.41, 5.74) is 19.9. The number of ether oxygens (including phenoxy) is 2. The molecule has 8 aromatic rings. The van der Waals surface area contributed by atoms with Gasteiger partial charge < -0.3 is 19.4 Å². The van der Waals surface area contributed by atoms with Gasteiger partial charge in [0.15, 0.2) is 0 Å². The van der Waals surface area contributed by atoms with E-state index < -0.39 is 0 Å². The van der Waals surface area contributed by atoms with E-state index in [2.05, 4.69) is 247 Å². The van der Waals surface area contributed by atoms with Crippen LogP contribution in [0.2, 0.25) is 5.02 Å². The number of rotatable bonds is 2. The number of aryl methyl sites for hydroxylation is 7. The number of methoxy groups -OCH3 is 2. The van der Waals surface area contributed by atoms with Gasteiger partial charge in [-0.1, -0.05) is 178 Å². The van der Waals surface area contributed by atoms with Crippen LogP contribution in [-0.4, -0.2) is 74.3 Å². The Kier molecular flexibility index (Phi) is 32.5. The zero-order valence-corrected chi connectivity index (χ0v) is 66.3. The van der Waals surface area contributed by atoms with Gasteiger partial charge in [-0.05, 0) is 157 Å². The van der Waals surface area contributed by atoms with Crippen molar-refractivity contribution in [1.82, 2.24) is 60.0 Å². The minimum atomic E-state index is -0.0227. The van der Waals surface area contributed by atoms with E-state index in [9.17, 15) is 9.59 Å².